The summed E-state index contributed by atoms with van der Waals surface area (Å²) in [6.07, 6.45) is 0. The van der Waals surface area contributed by atoms with Gasteiger partial charge in [-0.25, -0.2) is 8.78 Å². The van der Waals surface area contributed by atoms with Crippen LogP contribution >= 0.6 is 11.3 Å². The number of hydrogen-bond acceptors (Lipinski definition) is 3. The van der Waals surface area contributed by atoms with Crippen molar-refractivity contribution in [2.45, 2.75) is 6.04 Å². The van der Waals surface area contributed by atoms with Gasteiger partial charge in [0.2, 0.25) is 0 Å². The van der Waals surface area contributed by atoms with Gasteiger partial charge in [0.15, 0.2) is 11.6 Å². The molecule has 1 amide bonds. The van der Waals surface area contributed by atoms with E-state index in [2.05, 4.69) is 5.32 Å². The van der Waals surface area contributed by atoms with Crippen molar-refractivity contribution in [1.82, 2.24) is 10.2 Å². The Labute approximate surface area is 126 Å². The third kappa shape index (κ3) is 3.86. The summed E-state index contributed by atoms with van der Waals surface area (Å²) in [4.78, 5) is 14.0. The Hall–Kier alpha value is -1.79. The molecule has 1 aromatic carbocycles. The van der Waals surface area contributed by atoms with Gasteiger partial charge in [0.1, 0.15) is 0 Å². The number of halogens is 2. The first-order chi connectivity index (χ1) is 9.99. The maximum atomic E-state index is 13.1. The van der Waals surface area contributed by atoms with Crippen LogP contribution in [0.25, 0.3) is 0 Å². The molecule has 0 spiro atoms. The fraction of sp³-hybridized carbons (Fsp3) is 0.267. The molecule has 0 radical (unpaired) electrons. The lowest BCUT2D eigenvalue weighted by Crippen LogP contribution is -2.34. The number of carbonyl (C=O) groups excluding carboxylic acids is 1. The van der Waals surface area contributed by atoms with Crippen molar-refractivity contribution >= 4 is 17.2 Å². The van der Waals surface area contributed by atoms with Crippen LogP contribution < -0.4 is 5.32 Å². The number of carbonyl (C=O) groups is 1. The summed E-state index contributed by atoms with van der Waals surface area (Å²) in [5.74, 6) is -2.41. The van der Waals surface area contributed by atoms with E-state index in [9.17, 15) is 13.6 Å². The van der Waals surface area contributed by atoms with Crippen molar-refractivity contribution < 1.29 is 13.6 Å². The van der Waals surface area contributed by atoms with Gasteiger partial charge in [-0.3, -0.25) is 4.79 Å². The van der Waals surface area contributed by atoms with Crippen LogP contribution in [0.1, 0.15) is 22.0 Å². The molecule has 0 fully saturated rings. The van der Waals surface area contributed by atoms with E-state index >= 15 is 0 Å². The Morgan fingerprint density at radius 3 is 2.62 bits per heavy atom. The molecular formula is C15H16F2N2OS. The molecule has 0 saturated heterocycles. The highest BCUT2D eigenvalue weighted by atomic mass is 32.1. The highest BCUT2D eigenvalue weighted by molar-refractivity contribution is 7.07. The lowest BCUT2D eigenvalue weighted by molar-refractivity contribution is 0.0941. The first kappa shape index (κ1) is 15.6. The van der Waals surface area contributed by atoms with Gasteiger partial charge in [-0.15, -0.1) is 0 Å². The summed E-state index contributed by atoms with van der Waals surface area (Å²) in [6, 6.07) is 5.15. The monoisotopic (exact) mass is 310 g/mol. The summed E-state index contributed by atoms with van der Waals surface area (Å²) in [6.45, 7) is 0.390. The van der Waals surface area contributed by atoms with Gasteiger partial charge in [0.25, 0.3) is 5.91 Å². The van der Waals surface area contributed by atoms with Crippen LogP contribution in [0.15, 0.2) is 35.0 Å². The van der Waals surface area contributed by atoms with E-state index in [1.807, 2.05) is 35.8 Å². The van der Waals surface area contributed by atoms with Gasteiger partial charge in [-0.1, -0.05) is 0 Å². The topological polar surface area (TPSA) is 32.3 Å². The third-order valence-corrected chi connectivity index (χ3v) is 3.89. The number of hydrogen-bond donors (Lipinski definition) is 1. The summed E-state index contributed by atoms with van der Waals surface area (Å²) < 4.78 is 26.0. The Kier molecular flexibility index (Phi) is 5.03. The molecule has 0 saturated carbocycles. The molecule has 3 nitrogen and oxygen atoms in total. The van der Waals surface area contributed by atoms with E-state index in [0.717, 1.165) is 17.7 Å². The average Bonchev–Trinajstić information content (AvgIpc) is 2.95. The molecular weight excluding hydrogens is 294 g/mol. The molecule has 112 valence electrons. The van der Waals surface area contributed by atoms with Crippen LogP contribution in [0.3, 0.4) is 0 Å². The molecule has 6 heteroatoms. The van der Waals surface area contributed by atoms with E-state index in [1.54, 1.807) is 11.3 Å². The van der Waals surface area contributed by atoms with E-state index in [0.29, 0.717) is 6.54 Å². The van der Waals surface area contributed by atoms with Crippen LogP contribution in [-0.4, -0.2) is 31.4 Å². The van der Waals surface area contributed by atoms with E-state index in [-0.39, 0.29) is 11.6 Å². The standard InChI is InChI=1S/C15H16F2N2OS/c1-19(2)14(11-5-6-21-9-11)8-18-15(20)10-3-4-12(16)13(17)7-10/h3-7,9,14H,8H2,1-2H3,(H,18,20). The van der Waals surface area contributed by atoms with Gasteiger partial charge in [-0.2, -0.15) is 11.3 Å². The van der Waals surface area contributed by atoms with Gasteiger partial charge in [0.05, 0.1) is 6.04 Å². The van der Waals surface area contributed by atoms with Crippen molar-refractivity contribution in [3.05, 3.63) is 57.8 Å². The maximum Gasteiger partial charge on any atom is 0.251 e. The maximum absolute atomic E-state index is 13.1. The number of amides is 1. The largest absolute Gasteiger partial charge is 0.350 e. The second kappa shape index (κ2) is 6.78. The zero-order chi connectivity index (χ0) is 15.4. The lowest BCUT2D eigenvalue weighted by atomic mass is 10.1. The smallest absolute Gasteiger partial charge is 0.251 e. The molecule has 1 aromatic heterocycles. The Morgan fingerprint density at radius 1 is 1.29 bits per heavy atom. The van der Waals surface area contributed by atoms with Crippen LogP contribution in [-0.2, 0) is 0 Å². The van der Waals surface area contributed by atoms with Gasteiger partial charge >= 0.3 is 0 Å². The zero-order valence-electron chi connectivity index (χ0n) is 11.8. The van der Waals surface area contributed by atoms with Crippen LogP contribution in [0.2, 0.25) is 0 Å². The summed E-state index contributed by atoms with van der Waals surface area (Å²) in [5, 5.41) is 6.75. The molecule has 2 rings (SSSR count). The molecule has 1 N–H and O–H groups in total. The Bertz CT molecular complexity index is 614. The van der Waals surface area contributed by atoms with Crippen molar-refractivity contribution in [2.24, 2.45) is 0 Å². The second-order valence-corrected chi connectivity index (χ2v) is 5.66. The minimum absolute atomic E-state index is 0.0329. The SMILES string of the molecule is CN(C)C(CNC(=O)c1ccc(F)c(F)c1)c1ccsc1. The highest BCUT2D eigenvalue weighted by Gasteiger charge is 2.16. The van der Waals surface area contributed by atoms with E-state index in [1.165, 1.54) is 6.07 Å². The second-order valence-electron chi connectivity index (χ2n) is 4.88. The van der Waals surface area contributed by atoms with E-state index in [4.69, 9.17) is 0 Å². The lowest BCUT2D eigenvalue weighted by Gasteiger charge is -2.24. The summed E-state index contributed by atoms with van der Waals surface area (Å²) in [5.41, 5.74) is 1.22. The molecule has 0 aliphatic carbocycles. The predicted molar refractivity (Wildman–Crippen MR) is 79.4 cm³/mol. The van der Waals surface area contributed by atoms with Gasteiger partial charge < -0.3 is 10.2 Å². The fourth-order valence-electron chi connectivity index (χ4n) is 1.99. The minimum atomic E-state index is -1.02. The summed E-state index contributed by atoms with van der Waals surface area (Å²) >= 11 is 1.59. The van der Waals surface area contributed by atoms with Crippen LogP contribution in [0.4, 0.5) is 8.78 Å². The zero-order valence-corrected chi connectivity index (χ0v) is 12.6. The van der Waals surface area contributed by atoms with Crippen molar-refractivity contribution in [3.63, 3.8) is 0 Å². The molecule has 0 bridgehead atoms. The number of nitrogens with zero attached hydrogens (tertiary/aromatic N) is 1. The Balaban J connectivity index is 2.03. The van der Waals surface area contributed by atoms with E-state index < -0.39 is 17.5 Å². The quantitative estimate of drug-likeness (QED) is 0.920. The first-order valence-corrected chi connectivity index (χ1v) is 7.35. The highest BCUT2D eigenvalue weighted by Crippen LogP contribution is 2.20. The third-order valence-electron chi connectivity index (χ3n) is 3.19. The number of nitrogens with one attached hydrogen (secondary N) is 1. The number of thiophene rings is 1. The normalized spacial score (nSPS) is 12.4. The number of rotatable bonds is 5. The molecule has 2 aromatic rings. The molecule has 1 unspecified atom stereocenters. The molecule has 1 heterocycles. The predicted octanol–water partition coefficient (Wildman–Crippen LogP) is 3.06. The molecule has 0 aliphatic heterocycles. The Morgan fingerprint density at radius 2 is 2.05 bits per heavy atom. The fourth-order valence-corrected chi connectivity index (χ4v) is 2.70. The van der Waals surface area contributed by atoms with Gasteiger partial charge in [-0.05, 0) is 54.7 Å². The van der Waals surface area contributed by atoms with Gasteiger partial charge in [0, 0.05) is 12.1 Å². The summed E-state index contributed by atoms with van der Waals surface area (Å²) in [7, 11) is 3.85. The van der Waals surface area contributed by atoms with Crippen molar-refractivity contribution in [2.75, 3.05) is 20.6 Å². The van der Waals surface area contributed by atoms with Crippen molar-refractivity contribution in [3.8, 4) is 0 Å². The number of likely N-dealkylation sites (N-methyl/N-ethyl adjacent to an activating group) is 1. The number of benzene rings is 1. The molecule has 0 aliphatic rings. The first-order valence-electron chi connectivity index (χ1n) is 6.41. The van der Waals surface area contributed by atoms with Crippen molar-refractivity contribution in [1.29, 1.82) is 0 Å². The van der Waals surface area contributed by atoms with Crippen LogP contribution in [0, 0.1) is 11.6 Å². The minimum Gasteiger partial charge on any atom is -0.350 e. The molecule has 21 heavy (non-hydrogen) atoms. The molecule has 1 atom stereocenters. The van der Waals surface area contributed by atoms with Crippen LogP contribution in [0.5, 0.6) is 0 Å². The average molecular weight is 310 g/mol.